The van der Waals surface area contributed by atoms with Gasteiger partial charge in [0, 0.05) is 19.3 Å². The highest BCUT2D eigenvalue weighted by Crippen LogP contribution is 2.13. The quantitative estimate of drug-likeness (QED) is 0.804. The minimum absolute atomic E-state index is 0.839. The van der Waals surface area contributed by atoms with E-state index in [0.717, 1.165) is 30.2 Å². The highest BCUT2D eigenvalue weighted by Gasteiger charge is 2.05. The van der Waals surface area contributed by atoms with E-state index in [0.29, 0.717) is 0 Å². The lowest BCUT2D eigenvalue weighted by atomic mass is 10.3. The van der Waals surface area contributed by atoms with Gasteiger partial charge in [0.1, 0.15) is 5.82 Å². The number of hydrogen-bond acceptors (Lipinski definition) is 3. The number of nitrogens with zero attached hydrogens (tertiary/aromatic N) is 2. The van der Waals surface area contributed by atoms with Crippen molar-refractivity contribution in [1.29, 1.82) is 0 Å². The molecule has 0 atom stereocenters. The number of benzene rings is 1. The summed E-state index contributed by atoms with van der Waals surface area (Å²) in [5, 5.41) is 3.40. The van der Waals surface area contributed by atoms with Crippen molar-refractivity contribution in [2.75, 3.05) is 18.6 Å². The summed E-state index contributed by atoms with van der Waals surface area (Å²) in [6.07, 6.45) is 2.12. The number of fused-ring (bicyclic) bond motifs is 1. The van der Waals surface area contributed by atoms with Gasteiger partial charge in [0.15, 0.2) is 0 Å². The number of nitrogens with one attached hydrogen (secondary N) is 1. The van der Waals surface area contributed by atoms with Gasteiger partial charge in [0.2, 0.25) is 0 Å². The van der Waals surface area contributed by atoms with Gasteiger partial charge in [-0.1, -0.05) is 12.1 Å². The van der Waals surface area contributed by atoms with Crippen LogP contribution in [0.2, 0.25) is 0 Å². The zero-order valence-corrected chi connectivity index (χ0v) is 10.5. The number of aryl methyl sites for hydroxylation is 1. The Bertz CT molecular complexity index is 464. The minimum Gasteiger partial charge on any atom is -0.330 e. The molecule has 0 radical (unpaired) electrons. The Balaban J connectivity index is 2.09. The maximum absolute atomic E-state index is 4.60. The standard InChI is InChI=1S/C12H17N3S/c1-15-11-6-4-3-5-10(11)14-12(15)9-13-7-8-16-2/h3-6,13H,7-9H2,1-2H3. The summed E-state index contributed by atoms with van der Waals surface area (Å²) in [7, 11) is 2.07. The first-order valence-corrected chi connectivity index (χ1v) is 6.82. The normalized spacial score (nSPS) is 11.1. The van der Waals surface area contributed by atoms with E-state index in [2.05, 4.69) is 46.4 Å². The number of imidazole rings is 1. The van der Waals surface area contributed by atoms with Gasteiger partial charge in [-0.05, 0) is 18.4 Å². The van der Waals surface area contributed by atoms with Crippen LogP contribution in [0.1, 0.15) is 5.82 Å². The molecular weight excluding hydrogens is 218 g/mol. The Kier molecular flexibility index (Phi) is 3.85. The molecule has 0 aliphatic heterocycles. The molecule has 0 saturated carbocycles. The predicted molar refractivity (Wildman–Crippen MR) is 70.8 cm³/mol. The molecule has 0 amide bonds. The Morgan fingerprint density at radius 2 is 2.19 bits per heavy atom. The molecule has 4 heteroatoms. The predicted octanol–water partition coefficient (Wildman–Crippen LogP) is 2.03. The van der Waals surface area contributed by atoms with Crippen molar-refractivity contribution < 1.29 is 0 Å². The maximum Gasteiger partial charge on any atom is 0.123 e. The van der Waals surface area contributed by atoms with E-state index >= 15 is 0 Å². The molecule has 0 saturated heterocycles. The average molecular weight is 235 g/mol. The van der Waals surface area contributed by atoms with Crippen molar-refractivity contribution in [2.45, 2.75) is 6.54 Å². The third-order valence-corrected chi connectivity index (χ3v) is 3.26. The van der Waals surface area contributed by atoms with Crippen molar-refractivity contribution in [3.05, 3.63) is 30.1 Å². The van der Waals surface area contributed by atoms with Gasteiger partial charge in [-0.3, -0.25) is 0 Å². The van der Waals surface area contributed by atoms with Gasteiger partial charge >= 0.3 is 0 Å². The fourth-order valence-electron chi connectivity index (χ4n) is 1.73. The molecule has 0 spiro atoms. The first-order valence-electron chi connectivity index (χ1n) is 5.43. The summed E-state index contributed by atoms with van der Waals surface area (Å²) in [6.45, 7) is 1.87. The van der Waals surface area contributed by atoms with Gasteiger partial charge in [-0.2, -0.15) is 11.8 Å². The van der Waals surface area contributed by atoms with Crippen molar-refractivity contribution in [2.24, 2.45) is 7.05 Å². The lowest BCUT2D eigenvalue weighted by molar-refractivity contribution is 0.670. The second kappa shape index (κ2) is 5.37. The number of thioether (sulfide) groups is 1. The van der Waals surface area contributed by atoms with Gasteiger partial charge in [0.05, 0.1) is 17.6 Å². The Morgan fingerprint density at radius 3 is 2.94 bits per heavy atom. The van der Waals surface area contributed by atoms with Crippen LogP contribution < -0.4 is 5.32 Å². The van der Waals surface area contributed by atoms with Crippen LogP contribution in [0.5, 0.6) is 0 Å². The third-order valence-electron chi connectivity index (χ3n) is 2.65. The highest BCUT2D eigenvalue weighted by molar-refractivity contribution is 7.98. The van der Waals surface area contributed by atoms with Crippen molar-refractivity contribution >= 4 is 22.8 Å². The zero-order valence-electron chi connectivity index (χ0n) is 9.73. The molecule has 3 nitrogen and oxygen atoms in total. The van der Waals surface area contributed by atoms with Gasteiger partial charge < -0.3 is 9.88 Å². The third kappa shape index (κ3) is 2.39. The zero-order chi connectivity index (χ0) is 11.4. The number of para-hydroxylation sites is 2. The Hall–Kier alpha value is -1.00. The molecule has 2 aromatic rings. The van der Waals surface area contributed by atoms with Gasteiger partial charge in [0.25, 0.3) is 0 Å². The first-order chi connectivity index (χ1) is 7.83. The molecular formula is C12H17N3S. The Labute approximate surface area is 100 Å². The van der Waals surface area contributed by atoms with E-state index in [1.807, 2.05) is 17.8 Å². The number of aromatic nitrogens is 2. The van der Waals surface area contributed by atoms with Crippen molar-refractivity contribution in [1.82, 2.24) is 14.9 Å². The average Bonchev–Trinajstić information content (AvgIpc) is 2.63. The molecule has 0 unspecified atom stereocenters. The summed E-state index contributed by atoms with van der Waals surface area (Å²) < 4.78 is 2.15. The molecule has 0 aliphatic carbocycles. The number of hydrogen-bond donors (Lipinski definition) is 1. The molecule has 0 fully saturated rings. The van der Waals surface area contributed by atoms with Crippen LogP contribution in [-0.2, 0) is 13.6 Å². The molecule has 1 heterocycles. The SMILES string of the molecule is CSCCNCc1nc2ccccc2n1C. The van der Waals surface area contributed by atoms with Crippen molar-refractivity contribution in [3.63, 3.8) is 0 Å². The lowest BCUT2D eigenvalue weighted by Gasteiger charge is -2.03. The molecule has 1 N–H and O–H groups in total. The van der Waals surface area contributed by atoms with E-state index in [1.165, 1.54) is 5.52 Å². The van der Waals surface area contributed by atoms with Crippen LogP contribution in [0.15, 0.2) is 24.3 Å². The van der Waals surface area contributed by atoms with Crippen LogP contribution in [0, 0.1) is 0 Å². The smallest absolute Gasteiger partial charge is 0.123 e. The maximum atomic E-state index is 4.60. The minimum atomic E-state index is 0.839. The summed E-state index contributed by atoms with van der Waals surface area (Å²) in [5.74, 6) is 2.24. The van der Waals surface area contributed by atoms with Crippen LogP contribution >= 0.6 is 11.8 Å². The molecule has 86 valence electrons. The fourth-order valence-corrected chi connectivity index (χ4v) is 2.08. The topological polar surface area (TPSA) is 29.9 Å². The molecule has 1 aromatic heterocycles. The summed E-state index contributed by atoms with van der Waals surface area (Å²) in [4.78, 5) is 4.60. The largest absolute Gasteiger partial charge is 0.330 e. The van der Waals surface area contributed by atoms with E-state index in [-0.39, 0.29) is 0 Å². The second-order valence-corrected chi connectivity index (χ2v) is 4.73. The monoisotopic (exact) mass is 235 g/mol. The first kappa shape index (κ1) is 11.5. The van der Waals surface area contributed by atoms with Crippen LogP contribution in [0.4, 0.5) is 0 Å². The van der Waals surface area contributed by atoms with Gasteiger partial charge in [-0.25, -0.2) is 4.98 Å². The van der Waals surface area contributed by atoms with E-state index in [1.54, 1.807) is 0 Å². The molecule has 2 rings (SSSR count). The van der Waals surface area contributed by atoms with Crippen molar-refractivity contribution in [3.8, 4) is 0 Å². The summed E-state index contributed by atoms with van der Waals surface area (Å²) >= 11 is 1.86. The van der Waals surface area contributed by atoms with Crippen LogP contribution in [0.25, 0.3) is 11.0 Å². The molecule has 0 bridgehead atoms. The second-order valence-electron chi connectivity index (χ2n) is 3.75. The molecule has 16 heavy (non-hydrogen) atoms. The van der Waals surface area contributed by atoms with Crippen LogP contribution in [0.3, 0.4) is 0 Å². The summed E-state index contributed by atoms with van der Waals surface area (Å²) in [6, 6.07) is 8.24. The summed E-state index contributed by atoms with van der Waals surface area (Å²) in [5.41, 5.74) is 2.27. The van der Waals surface area contributed by atoms with Gasteiger partial charge in [-0.15, -0.1) is 0 Å². The number of rotatable bonds is 5. The van der Waals surface area contributed by atoms with Crippen LogP contribution in [-0.4, -0.2) is 28.1 Å². The van der Waals surface area contributed by atoms with E-state index < -0.39 is 0 Å². The molecule has 1 aromatic carbocycles. The fraction of sp³-hybridized carbons (Fsp3) is 0.417. The highest BCUT2D eigenvalue weighted by atomic mass is 32.2. The van der Waals surface area contributed by atoms with E-state index in [9.17, 15) is 0 Å². The lowest BCUT2D eigenvalue weighted by Crippen LogP contribution is -2.18. The molecule has 0 aliphatic rings. The Morgan fingerprint density at radius 1 is 1.38 bits per heavy atom. The van der Waals surface area contributed by atoms with E-state index in [4.69, 9.17) is 0 Å².